The van der Waals surface area contributed by atoms with Crippen LogP contribution < -0.4 is 10.0 Å². The molecule has 0 spiro atoms. The molecule has 0 aliphatic rings. The van der Waals surface area contributed by atoms with Crippen molar-refractivity contribution in [2.24, 2.45) is 0 Å². The molecule has 27 heavy (non-hydrogen) atoms. The number of halogens is 3. The van der Waals surface area contributed by atoms with E-state index in [1.54, 1.807) is 6.07 Å². The molecule has 2 aromatic carbocycles. The smallest absolute Gasteiger partial charge is 0.341 e. The largest absolute Gasteiger partial charge is 0.412 e. The molecule has 1 unspecified atom stereocenters. The van der Waals surface area contributed by atoms with E-state index >= 15 is 0 Å². The molecule has 0 radical (unpaired) electrons. The Kier molecular flexibility index (Phi) is 6.61. The minimum Gasteiger partial charge on any atom is -0.341 e. The van der Waals surface area contributed by atoms with Gasteiger partial charge in [0.25, 0.3) is 0 Å². The zero-order chi connectivity index (χ0) is 20.1. The van der Waals surface area contributed by atoms with Gasteiger partial charge in [-0.05, 0) is 36.7 Å². The maximum Gasteiger partial charge on any atom is 0.412 e. The Bertz CT molecular complexity index is 867. The van der Waals surface area contributed by atoms with Crippen molar-refractivity contribution in [3.63, 3.8) is 0 Å². The molecule has 0 fully saturated rings. The predicted molar refractivity (Wildman–Crippen MR) is 94.4 cm³/mol. The van der Waals surface area contributed by atoms with Crippen LogP contribution in [0.4, 0.5) is 13.2 Å². The molecular formula is C18H19F3N2O3S. The van der Waals surface area contributed by atoms with Gasteiger partial charge in [-0.2, -0.15) is 13.2 Å². The van der Waals surface area contributed by atoms with E-state index in [4.69, 9.17) is 0 Å². The molecule has 2 aromatic rings. The quantitative estimate of drug-likeness (QED) is 0.750. The number of carbonyl (C=O) groups excluding carboxylic acids is 1. The molecule has 0 aromatic heterocycles. The molecule has 0 saturated heterocycles. The van der Waals surface area contributed by atoms with Gasteiger partial charge in [0.05, 0.1) is 4.90 Å². The van der Waals surface area contributed by atoms with Gasteiger partial charge in [0, 0.05) is 6.42 Å². The molecule has 2 N–H and O–H groups in total. The number of nitrogens with one attached hydrogen (secondary N) is 2. The third-order valence-electron chi connectivity index (χ3n) is 3.91. The standard InChI is InChI=1S/C18H19F3N2O3S/c1-22-27(25,26)15-10-7-13(8-11-15)9-12-16(24)23-17(18(19,20)21)14-5-3-2-4-6-14/h2-8,10-11,17,22H,9,12H2,1H3,(H,23,24). The highest BCUT2D eigenvalue weighted by Crippen LogP contribution is 2.32. The van der Waals surface area contributed by atoms with Crippen molar-refractivity contribution in [1.82, 2.24) is 10.0 Å². The van der Waals surface area contributed by atoms with E-state index in [-0.39, 0.29) is 23.3 Å². The van der Waals surface area contributed by atoms with Crippen LogP contribution in [-0.4, -0.2) is 27.5 Å². The Morgan fingerprint density at radius 3 is 2.15 bits per heavy atom. The molecule has 1 amide bonds. The Morgan fingerprint density at radius 2 is 1.63 bits per heavy atom. The van der Waals surface area contributed by atoms with Crippen LogP contribution in [0.1, 0.15) is 23.6 Å². The Labute approximate surface area is 155 Å². The summed E-state index contributed by atoms with van der Waals surface area (Å²) in [6.07, 6.45) is -4.58. The summed E-state index contributed by atoms with van der Waals surface area (Å²) in [5.74, 6) is -0.742. The third-order valence-corrected chi connectivity index (χ3v) is 5.34. The number of hydrogen-bond donors (Lipinski definition) is 2. The van der Waals surface area contributed by atoms with Gasteiger partial charge in [-0.25, -0.2) is 13.1 Å². The topological polar surface area (TPSA) is 75.3 Å². The molecule has 146 valence electrons. The summed E-state index contributed by atoms with van der Waals surface area (Å²) in [6.45, 7) is 0. The molecule has 2 rings (SSSR count). The summed E-state index contributed by atoms with van der Waals surface area (Å²) in [6, 6.07) is 10.9. The van der Waals surface area contributed by atoms with E-state index in [2.05, 4.69) is 4.72 Å². The Hall–Kier alpha value is -2.39. The highest BCUT2D eigenvalue weighted by molar-refractivity contribution is 7.89. The molecule has 1 atom stereocenters. The SMILES string of the molecule is CNS(=O)(=O)c1ccc(CCC(=O)NC(c2ccccc2)C(F)(F)F)cc1. The van der Waals surface area contributed by atoms with Crippen LogP contribution >= 0.6 is 0 Å². The molecule has 5 nitrogen and oxygen atoms in total. The van der Waals surface area contributed by atoms with E-state index in [0.29, 0.717) is 5.56 Å². The first-order chi connectivity index (χ1) is 12.6. The Morgan fingerprint density at radius 1 is 1.04 bits per heavy atom. The van der Waals surface area contributed by atoms with Gasteiger partial charge in [0.2, 0.25) is 15.9 Å². The summed E-state index contributed by atoms with van der Waals surface area (Å²) < 4.78 is 65.2. The van der Waals surface area contributed by atoms with Gasteiger partial charge in [-0.15, -0.1) is 0 Å². The highest BCUT2D eigenvalue weighted by Gasteiger charge is 2.41. The maximum atomic E-state index is 13.2. The lowest BCUT2D eigenvalue weighted by Crippen LogP contribution is -2.38. The van der Waals surface area contributed by atoms with Crippen molar-refractivity contribution >= 4 is 15.9 Å². The summed E-state index contributed by atoms with van der Waals surface area (Å²) >= 11 is 0. The summed E-state index contributed by atoms with van der Waals surface area (Å²) in [4.78, 5) is 12.1. The number of alkyl halides is 3. The van der Waals surface area contributed by atoms with Crippen LogP contribution in [0, 0.1) is 0 Å². The number of hydrogen-bond acceptors (Lipinski definition) is 3. The van der Waals surface area contributed by atoms with Crippen LogP contribution in [-0.2, 0) is 21.2 Å². The second kappa shape index (κ2) is 8.53. The van der Waals surface area contributed by atoms with Crippen molar-refractivity contribution in [1.29, 1.82) is 0 Å². The number of carbonyl (C=O) groups is 1. The lowest BCUT2D eigenvalue weighted by atomic mass is 10.1. The Balaban J connectivity index is 2.00. The first kappa shape index (κ1) is 20.9. The lowest BCUT2D eigenvalue weighted by molar-refractivity contribution is -0.163. The third kappa shape index (κ3) is 5.80. The summed E-state index contributed by atoms with van der Waals surface area (Å²) in [5.41, 5.74) is 0.600. The van der Waals surface area contributed by atoms with Gasteiger partial charge in [0.15, 0.2) is 6.04 Å². The number of sulfonamides is 1. The van der Waals surface area contributed by atoms with Gasteiger partial charge in [0.1, 0.15) is 0 Å². The van der Waals surface area contributed by atoms with Gasteiger partial charge >= 0.3 is 6.18 Å². The van der Waals surface area contributed by atoms with Gasteiger partial charge in [-0.3, -0.25) is 4.79 Å². The normalized spacial score (nSPS) is 13.2. The zero-order valence-corrected chi connectivity index (χ0v) is 15.3. The number of benzene rings is 2. The lowest BCUT2D eigenvalue weighted by Gasteiger charge is -2.22. The fourth-order valence-electron chi connectivity index (χ4n) is 2.44. The van der Waals surface area contributed by atoms with Crippen LogP contribution in [0.3, 0.4) is 0 Å². The maximum absolute atomic E-state index is 13.2. The van der Waals surface area contributed by atoms with E-state index in [0.717, 1.165) is 0 Å². The molecule has 0 saturated carbocycles. The van der Waals surface area contributed by atoms with Crippen LogP contribution in [0.2, 0.25) is 0 Å². The van der Waals surface area contributed by atoms with Gasteiger partial charge in [-0.1, -0.05) is 42.5 Å². The van der Waals surface area contributed by atoms with Crippen molar-refractivity contribution in [2.75, 3.05) is 7.05 Å². The van der Waals surface area contributed by atoms with E-state index < -0.39 is 28.1 Å². The monoisotopic (exact) mass is 400 g/mol. The van der Waals surface area contributed by atoms with E-state index in [9.17, 15) is 26.4 Å². The average molecular weight is 400 g/mol. The van der Waals surface area contributed by atoms with Crippen molar-refractivity contribution in [2.45, 2.75) is 30.0 Å². The number of amides is 1. The summed E-state index contributed by atoms with van der Waals surface area (Å²) in [5, 5.41) is 2.02. The van der Waals surface area contributed by atoms with Crippen molar-refractivity contribution in [3.05, 3.63) is 65.7 Å². The predicted octanol–water partition coefficient (Wildman–Crippen LogP) is 2.95. The van der Waals surface area contributed by atoms with E-state index in [1.807, 2.05) is 5.32 Å². The first-order valence-corrected chi connectivity index (χ1v) is 9.55. The number of aryl methyl sites for hydroxylation is 1. The zero-order valence-electron chi connectivity index (χ0n) is 14.5. The van der Waals surface area contributed by atoms with Crippen molar-refractivity contribution in [3.8, 4) is 0 Å². The minimum absolute atomic E-state index is 0.0417. The molecular weight excluding hydrogens is 381 g/mol. The average Bonchev–Trinajstić information content (AvgIpc) is 2.64. The highest BCUT2D eigenvalue weighted by atomic mass is 32.2. The molecule has 0 aliphatic carbocycles. The van der Waals surface area contributed by atoms with Crippen molar-refractivity contribution < 1.29 is 26.4 Å². The molecule has 0 heterocycles. The fraction of sp³-hybridized carbons (Fsp3) is 0.278. The first-order valence-electron chi connectivity index (χ1n) is 8.07. The van der Waals surface area contributed by atoms with Gasteiger partial charge < -0.3 is 5.32 Å². The molecule has 0 aliphatic heterocycles. The van der Waals surface area contributed by atoms with Crippen LogP contribution in [0.25, 0.3) is 0 Å². The van der Waals surface area contributed by atoms with Crippen LogP contribution in [0.5, 0.6) is 0 Å². The second-order valence-electron chi connectivity index (χ2n) is 5.80. The second-order valence-corrected chi connectivity index (χ2v) is 7.69. The molecule has 9 heteroatoms. The van der Waals surface area contributed by atoms with E-state index in [1.165, 1.54) is 55.6 Å². The minimum atomic E-state index is -4.61. The fourth-order valence-corrected chi connectivity index (χ4v) is 3.17. The number of rotatable bonds is 7. The summed E-state index contributed by atoms with van der Waals surface area (Å²) in [7, 11) is -2.27. The molecule has 0 bridgehead atoms. The van der Waals surface area contributed by atoms with Crippen LogP contribution in [0.15, 0.2) is 59.5 Å².